The topological polar surface area (TPSA) is 9.86 Å². The molecule has 252 valence electrons. The van der Waals surface area contributed by atoms with Gasteiger partial charge in [0, 0.05) is 32.9 Å². The van der Waals surface area contributed by atoms with Crippen molar-refractivity contribution < 1.29 is 13.7 Å². The van der Waals surface area contributed by atoms with Crippen LogP contribution in [-0.2, 0) is 19.3 Å². The average molecular weight is 689 g/mol. The fraction of sp³-hybridized carbons (Fsp3) is 0.0588. The molecule has 0 aliphatic rings. The second-order valence-electron chi connectivity index (χ2n) is 13.3. The lowest BCUT2D eigenvalue weighted by Gasteiger charge is -2.14. The monoisotopic (exact) mass is 688 g/mol. The van der Waals surface area contributed by atoms with Crippen LogP contribution in [0.1, 0.15) is 36.0 Å². The van der Waals surface area contributed by atoms with Gasteiger partial charge in [-0.1, -0.05) is 151 Å². The van der Waals surface area contributed by atoms with E-state index in [2.05, 4.69) is 69.8 Å². The predicted octanol–water partition coefficient (Wildman–Crippen LogP) is 12.9. The Morgan fingerprint density at radius 3 is 1.89 bits per heavy atom. The molecule has 0 unspecified atom stereocenters. The van der Waals surface area contributed by atoms with Crippen LogP contribution in [-0.4, -0.2) is 9.13 Å². The van der Waals surface area contributed by atoms with E-state index in [0.717, 1.165) is 71.7 Å². The van der Waals surface area contributed by atoms with Gasteiger partial charge < -0.3 is 9.13 Å². The normalized spacial score (nSPS) is 14.3. The van der Waals surface area contributed by atoms with Gasteiger partial charge >= 0.3 is 0 Å². The van der Waals surface area contributed by atoms with Crippen molar-refractivity contribution in [2.75, 3.05) is 0 Å². The highest BCUT2D eigenvalue weighted by atomic mass is 15.0. The summed E-state index contributed by atoms with van der Waals surface area (Å²) in [4.78, 5) is 0. The quantitative estimate of drug-likeness (QED) is 0.150. The van der Waals surface area contributed by atoms with Crippen LogP contribution < -0.4 is 0 Å². The lowest BCUT2D eigenvalue weighted by atomic mass is 9.93. The fourth-order valence-electron chi connectivity index (χ4n) is 7.99. The van der Waals surface area contributed by atoms with Gasteiger partial charge in [-0.25, -0.2) is 0 Å². The average Bonchev–Trinajstić information content (AvgIpc) is 3.82. The van der Waals surface area contributed by atoms with Gasteiger partial charge in [0.2, 0.25) is 0 Å². The molecule has 2 heterocycles. The van der Waals surface area contributed by atoms with Gasteiger partial charge in [0.25, 0.3) is 0 Å². The lowest BCUT2D eigenvalue weighted by molar-refractivity contribution is 0.942. The van der Waals surface area contributed by atoms with Gasteiger partial charge in [-0.3, -0.25) is 0 Å². The van der Waals surface area contributed by atoms with Crippen LogP contribution in [0.4, 0.5) is 0 Å². The first-order chi connectivity index (χ1) is 30.5. The Kier molecular flexibility index (Phi) is 5.54. The molecule has 10 aromatic rings. The summed E-state index contributed by atoms with van der Waals surface area (Å²) < 4.78 is 88.3. The minimum absolute atomic E-state index is 0.168. The third kappa shape index (κ3) is 5.43. The maximum absolute atomic E-state index is 8.73. The molecule has 0 N–H and O–H groups in total. The SMILES string of the molecule is [2H]c1c([2H])c([2H])c(CCc2ccccc2-n2c3ccccc3c3cc(-n4c5ccccc5c5c(Cc6ccccc6-c6c([2H])c([2H])c([2H])c([2H])c6[2H])cccc54)ccc32)c([2H])c1[2H]. The first-order valence-corrected chi connectivity index (χ1v) is 17.8. The van der Waals surface area contributed by atoms with E-state index in [1.165, 1.54) is 0 Å². The van der Waals surface area contributed by atoms with Crippen LogP contribution >= 0.6 is 0 Å². The molecular formula is C51H38N2. The number of nitrogens with zero attached hydrogens (tertiary/aromatic N) is 2. The molecule has 53 heavy (non-hydrogen) atoms. The number of para-hydroxylation sites is 3. The molecule has 0 saturated carbocycles. The smallest absolute Gasteiger partial charge is 0.0629 e. The Bertz CT molecular complexity index is 3450. The first-order valence-electron chi connectivity index (χ1n) is 22.8. The molecule has 0 saturated heterocycles. The largest absolute Gasteiger partial charge is 0.309 e. The van der Waals surface area contributed by atoms with Crippen LogP contribution in [0.15, 0.2) is 194 Å². The summed E-state index contributed by atoms with van der Waals surface area (Å²) >= 11 is 0. The van der Waals surface area contributed by atoms with Gasteiger partial charge in [0.05, 0.1) is 35.8 Å². The van der Waals surface area contributed by atoms with E-state index in [9.17, 15) is 0 Å². The molecular weight excluding hydrogens is 641 g/mol. The number of aryl methyl sites for hydroxylation is 1. The second-order valence-corrected chi connectivity index (χ2v) is 13.3. The predicted molar refractivity (Wildman–Crippen MR) is 224 cm³/mol. The summed E-state index contributed by atoms with van der Waals surface area (Å²) in [6, 6.07) is 42.1. The van der Waals surface area contributed by atoms with E-state index >= 15 is 0 Å². The third-order valence-corrected chi connectivity index (χ3v) is 10.3. The highest BCUT2D eigenvalue weighted by Gasteiger charge is 2.19. The Labute approximate surface area is 323 Å². The number of fused-ring (bicyclic) bond motifs is 6. The van der Waals surface area contributed by atoms with Gasteiger partial charge in [-0.2, -0.15) is 0 Å². The van der Waals surface area contributed by atoms with Crippen molar-refractivity contribution in [2.45, 2.75) is 19.3 Å². The van der Waals surface area contributed by atoms with Gasteiger partial charge in [-0.15, -0.1) is 0 Å². The van der Waals surface area contributed by atoms with E-state index in [-0.39, 0.29) is 60.3 Å². The number of benzene rings is 8. The van der Waals surface area contributed by atoms with Crippen molar-refractivity contribution in [2.24, 2.45) is 0 Å². The molecule has 0 radical (unpaired) electrons. The molecule has 0 amide bonds. The standard InChI is InChI=1S/C51H38N2/c1-3-16-36(17-4-1)30-31-38-20-8-12-26-46(38)53-47-27-13-10-24-43(47)45-35-41(32-33-49(45)53)52-48-28-14-11-25-44(48)51-40(22-15-29-50(51)52)34-39-21-7-9-23-42(39)37-18-5-2-6-19-37/h1-29,32-33,35H,30-31,34H2/i1D,2D,3D,4D,5D,6D,16D,17D,18D,19D. The lowest BCUT2D eigenvalue weighted by Crippen LogP contribution is -2.01. The Hall–Kier alpha value is -6.64. The Balaban J connectivity index is 1.10. The van der Waals surface area contributed by atoms with Crippen LogP contribution in [0.3, 0.4) is 0 Å². The van der Waals surface area contributed by atoms with Crippen molar-refractivity contribution in [1.29, 1.82) is 0 Å². The number of rotatable bonds is 8. The van der Waals surface area contributed by atoms with Crippen molar-refractivity contribution in [3.8, 4) is 22.5 Å². The summed E-state index contributed by atoms with van der Waals surface area (Å²) in [5.41, 5.74) is 9.95. The van der Waals surface area contributed by atoms with Crippen LogP contribution in [0.5, 0.6) is 0 Å². The van der Waals surface area contributed by atoms with Crippen LogP contribution in [0, 0.1) is 0 Å². The van der Waals surface area contributed by atoms with Gasteiger partial charge in [-0.05, 0) is 95.1 Å². The van der Waals surface area contributed by atoms with Crippen molar-refractivity contribution in [3.63, 3.8) is 0 Å². The zero-order valence-corrected chi connectivity index (χ0v) is 28.7. The van der Waals surface area contributed by atoms with E-state index in [0.29, 0.717) is 24.0 Å². The van der Waals surface area contributed by atoms with Crippen molar-refractivity contribution >= 4 is 43.6 Å². The molecule has 0 spiro atoms. The summed E-state index contributed by atoms with van der Waals surface area (Å²) in [6.07, 6.45) is 1.21. The summed E-state index contributed by atoms with van der Waals surface area (Å²) in [5.74, 6) is 0. The number of hydrogen-bond donors (Lipinski definition) is 0. The summed E-state index contributed by atoms with van der Waals surface area (Å²) in [6.45, 7) is 0. The van der Waals surface area contributed by atoms with Gasteiger partial charge in [0.15, 0.2) is 0 Å². The maximum atomic E-state index is 8.73. The second kappa shape index (κ2) is 13.2. The molecule has 0 bridgehead atoms. The molecule has 2 nitrogen and oxygen atoms in total. The molecule has 8 aromatic carbocycles. The molecule has 0 aliphatic carbocycles. The molecule has 2 aromatic heterocycles. The highest BCUT2D eigenvalue weighted by molar-refractivity contribution is 6.13. The van der Waals surface area contributed by atoms with Crippen molar-refractivity contribution in [1.82, 2.24) is 9.13 Å². The minimum Gasteiger partial charge on any atom is -0.309 e. The zero-order valence-electron chi connectivity index (χ0n) is 38.7. The van der Waals surface area contributed by atoms with Crippen molar-refractivity contribution in [3.05, 3.63) is 216 Å². The van der Waals surface area contributed by atoms with Crippen LogP contribution in [0.25, 0.3) is 66.1 Å². The number of aromatic nitrogens is 2. The highest BCUT2D eigenvalue weighted by Crippen LogP contribution is 2.39. The molecule has 0 aliphatic heterocycles. The third-order valence-electron chi connectivity index (χ3n) is 10.3. The zero-order chi connectivity index (χ0) is 43.8. The Morgan fingerprint density at radius 2 is 1.06 bits per heavy atom. The van der Waals surface area contributed by atoms with E-state index in [1.54, 1.807) is 0 Å². The van der Waals surface area contributed by atoms with E-state index < -0.39 is 12.1 Å². The Morgan fingerprint density at radius 1 is 0.434 bits per heavy atom. The summed E-state index contributed by atoms with van der Waals surface area (Å²) in [7, 11) is 0. The molecule has 0 fully saturated rings. The first kappa shape index (κ1) is 22.3. The van der Waals surface area contributed by atoms with Crippen LogP contribution in [0.2, 0.25) is 0 Å². The molecule has 2 heteroatoms. The summed E-state index contributed by atoms with van der Waals surface area (Å²) in [5, 5.41) is 4.26. The number of hydrogen-bond acceptors (Lipinski definition) is 0. The van der Waals surface area contributed by atoms with Gasteiger partial charge in [0.1, 0.15) is 0 Å². The molecule has 0 atom stereocenters. The molecule has 10 rings (SSSR count). The fourth-order valence-corrected chi connectivity index (χ4v) is 7.99. The van der Waals surface area contributed by atoms with E-state index in [4.69, 9.17) is 13.7 Å². The minimum atomic E-state index is -0.415. The van der Waals surface area contributed by atoms with E-state index in [1.807, 2.05) is 72.8 Å². The maximum Gasteiger partial charge on any atom is 0.0629 e.